The van der Waals surface area contributed by atoms with E-state index in [-0.39, 0.29) is 64.9 Å². The Morgan fingerprint density at radius 3 is 1.70 bits per heavy atom. The first-order valence-corrected chi connectivity index (χ1v) is 14.1. The zero-order chi connectivity index (χ0) is 31.9. The number of aliphatic carboxylic acids is 5. The van der Waals surface area contributed by atoms with E-state index in [1.165, 1.54) is 4.90 Å². The minimum Gasteiger partial charge on any atom is -0.480 e. The van der Waals surface area contributed by atoms with Gasteiger partial charge in [-0.25, -0.2) is 0 Å². The Balaban J connectivity index is 2.38. The fourth-order valence-corrected chi connectivity index (χ4v) is 5.11. The van der Waals surface area contributed by atoms with Gasteiger partial charge in [0.1, 0.15) is 0 Å². The van der Waals surface area contributed by atoms with Gasteiger partial charge in [-0.2, -0.15) is 0 Å². The number of aryl methyl sites for hydroxylation is 1. The van der Waals surface area contributed by atoms with Gasteiger partial charge in [0.2, 0.25) is 0 Å². The summed E-state index contributed by atoms with van der Waals surface area (Å²) in [5.41, 5.74) is 2.02. The van der Waals surface area contributed by atoms with E-state index in [2.05, 4.69) is 0 Å². The lowest BCUT2D eigenvalue weighted by atomic mass is 10.0. The summed E-state index contributed by atoms with van der Waals surface area (Å²) >= 11 is 0. The molecule has 0 aliphatic carbocycles. The van der Waals surface area contributed by atoms with E-state index in [1.54, 1.807) is 14.7 Å². The molecule has 1 aromatic carbocycles. The molecule has 1 heterocycles. The van der Waals surface area contributed by atoms with E-state index in [0.29, 0.717) is 26.1 Å². The molecule has 240 valence electrons. The van der Waals surface area contributed by atoms with Crippen LogP contribution in [0.3, 0.4) is 0 Å². The Labute approximate surface area is 250 Å². The molecule has 0 radical (unpaired) electrons. The summed E-state index contributed by atoms with van der Waals surface area (Å²) in [6.45, 7) is 2.58. The minimum atomic E-state index is -1.17. The van der Waals surface area contributed by atoms with E-state index in [0.717, 1.165) is 11.1 Å². The van der Waals surface area contributed by atoms with Crippen molar-refractivity contribution in [2.45, 2.75) is 19.4 Å². The third-order valence-electron chi connectivity index (χ3n) is 7.25. The van der Waals surface area contributed by atoms with Crippen LogP contribution in [-0.2, 0) is 30.4 Å². The monoisotopic (exact) mass is 609 g/mol. The van der Waals surface area contributed by atoms with Crippen LogP contribution in [0.5, 0.6) is 0 Å². The fraction of sp³-hybridized carbons (Fsp3) is 0.607. The lowest BCUT2D eigenvalue weighted by molar-refractivity contribution is -0.142. The second kappa shape index (κ2) is 18.1. The fourth-order valence-electron chi connectivity index (χ4n) is 5.11. The average molecular weight is 610 g/mol. The molecule has 1 aromatic rings. The number of benzene rings is 1. The van der Waals surface area contributed by atoms with Crippen molar-refractivity contribution in [1.82, 2.24) is 24.5 Å². The van der Waals surface area contributed by atoms with Crippen LogP contribution >= 0.6 is 0 Å². The van der Waals surface area contributed by atoms with Crippen LogP contribution in [0.25, 0.3) is 0 Å². The summed E-state index contributed by atoms with van der Waals surface area (Å²) in [5.74, 6) is -5.46. The van der Waals surface area contributed by atoms with E-state index in [9.17, 15) is 49.5 Å². The first-order valence-electron chi connectivity index (χ1n) is 14.1. The zero-order valence-corrected chi connectivity index (χ0v) is 24.5. The SMILES string of the molecule is Cc1ccc(CC2CN(CC(=O)O)CCN(CC(=O)O)CCN(CCN(CC(=O)O)CC(=O)O)CCN2CC(=O)O)cc1. The molecule has 1 fully saturated rings. The van der Waals surface area contributed by atoms with Gasteiger partial charge in [0.05, 0.1) is 32.7 Å². The standard InChI is InChI=1S/C28H43N5O10/c1-21-2-4-22(5-3-21)14-23-15-31(17-25(36)37)11-9-30(16-24(34)35)8-6-29(12-13-33(23)20-28(42)43)7-10-32(18-26(38)39)19-27(40)41/h2-5,23H,6-20H2,1H3,(H,34,35)(H,36,37)(H,38,39)(H,40,41)(H,42,43). The Kier molecular flexibility index (Phi) is 15.0. The largest absolute Gasteiger partial charge is 0.480 e. The van der Waals surface area contributed by atoms with E-state index in [1.807, 2.05) is 36.1 Å². The molecule has 0 amide bonds. The molecule has 1 aliphatic rings. The maximum absolute atomic E-state index is 11.9. The van der Waals surface area contributed by atoms with Gasteiger partial charge < -0.3 is 25.5 Å². The summed E-state index contributed by atoms with van der Waals surface area (Å²) in [5, 5.41) is 47.3. The molecular formula is C28H43N5O10. The van der Waals surface area contributed by atoms with Crippen LogP contribution < -0.4 is 0 Å². The highest BCUT2D eigenvalue weighted by Crippen LogP contribution is 2.14. The number of carboxylic acids is 5. The Morgan fingerprint density at radius 1 is 0.674 bits per heavy atom. The van der Waals surface area contributed by atoms with E-state index in [4.69, 9.17) is 0 Å². The maximum Gasteiger partial charge on any atom is 0.317 e. The summed E-state index contributed by atoms with van der Waals surface area (Å²) in [6.07, 6.45) is 0.452. The number of carboxylic acid groups (broad SMARTS) is 5. The molecule has 0 aromatic heterocycles. The molecule has 1 unspecified atom stereocenters. The maximum atomic E-state index is 11.9. The Bertz CT molecular complexity index is 1070. The Hall–Kier alpha value is -3.63. The molecule has 15 nitrogen and oxygen atoms in total. The highest BCUT2D eigenvalue weighted by atomic mass is 16.4. The molecule has 5 N–H and O–H groups in total. The van der Waals surface area contributed by atoms with Crippen molar-refractivity contribution in [3.05, 3.63) is 35.4 Å². The van der Waals surface area contributed by atoms with Crippen molar-refractivity contribution >= 4 is 29.8 Å². The molecule has 0 spiro atoms. The zero-order valence-electron chi connectivity index (χ0n) is 24.5. The Morgan fingerprint density at radius 2 is 1.16 bits per heavy atom. The van der Waals surface area contributed by atoms with Gasteiger partial charge in [-0.3, -0.25) is 48.5 Å². The third-order valence-corrected chi connectivity index (χ3v) is 7.25. The predicted molar refractivity (Wildman–Crippen MR) is 154 cm³/mol. The van der Waals surface area contributed by atoms with Gasteiger partial charge in [0.15, 0.2) is 0 Å². The van der Waals surface area contributed by atoms with Crippen molar-refractivity contribution in [3.63, 3.8) is 0 Å². The van der Waals surface area contributed by atoms with Crippen molar-refractivity contribution in [3.8, 4) is 0 Å². The van der Waals surface area contributed by atoms with Crippen LogP contribution in [0.2, 0.25) is 0 Å². The topological polar surface area (TPSA) is 203 Å². The van der Waals surface area contributed by atoms with Gasteiger partial charge in [0.25, 0.3) is 0 Å². The molecule has 2 rings (SSSR count). The number of carbonyl (C=O) groups is 5. The summed E-state index contributed by atoms with van der Waals surface area (Å²) in [6, 6.07) is 7.42. The summed E-state index contributed by atoms with van der Waals surface area (Å²) < 4.78 is 0. The van der Waals surface area contributed by atoms with Crippen LogP contribution in [0.4, 0.5) is 0 Å². The number of hydrogen-bond acceptors (Lipinski definition) is 10. The lowest BCUT2D eigenvalue weighted by Crippen LogP contribution is -2.53. The second-order valence-electron chi connectivity index (χ2n) is 10.8. The normalized spacial score (nSPS) is 18.5. The van der Waals surface area contributed by atoms with Crippen LogP contribution in [-0.4, -0.2) is 178 Å². The minimum absolute atomic E-state index is 0.121. The summed E-state index contributed by atoms with van der Waals surface area (Å²) in [4.78, 5) is 66.2. The summed E-state index contributed by atoms with van der Waals surface area (Å²) in [7, 11) is 0. The molecule has 1 saturated heterocycles. The van der Waals surface area contributed by atoms with Crippen LogP contribution in [0, 0.1) is 6.92 Å². The van der Waals surface area contributed by atoms with Gasteiger partial charge in [-0.05, 0) is 18.9 Å². The number of rotatable bonds is 15. The highest BCUT2D eigenvalue weighted by Gasteiger charge is 2.27. The molecule has 0 bridgehead atoms. The van der Waals surface area contributed by atoms with Crippen molar-refractivity contribution in [1.29, 1.82) is 0 Å². The molecule has 15 heteroatoms. The van der Waals surface area contributed by atoms with Crippen molar-refractivity contribution in [2.75, 3.05) is 91.6 Å². The van der Waals surface area contributed by atoms with Crippen LogP contribution in [0.1, 0.15) is 11.1 Å². The van der Waals surface area contributed by atoms with E-state index < -0.39 is 42.9 Å². The molecule has 43 heavy (non-hydrogen) atoms. The highest BCUT2D eigenvalue weighted by molar-refractivity contribution is 5.72. The number of hydrogen-bond donors (Lipinski definition) is 5. The third kappa shape index (κ3) is 14.9. The van der Waals surface area contributed by atoms with Gasteiger partial charge in [-0.15, -0.1) is 0 Å². The quantitative estimate of drug-likeness (QED) is 0.159. The molecular weight excluding hydrogens is 566 g/mol. The van der Waals surface area contributed by atoms with Crippen LogP contribution in [0.15, 0.2) is 24.3 Å². The van der Waals surface area contributed by atoms with Crippen molar-refractivity contribution in [2.24, 2.45) is 0 Å². The second-order valence-corrected chi connectivity index (χ2v) is 10.8. The first kappa shape index (κ1) is 35.6. The van der Waals surface area contributed by atoms with Gasteiger partial charge >= 0.3 is 29.8 Å². The molecule has 1 aliphatic heterocycles. The lowest BCUT2D eigenvalue weighted by Gasteiger charge is -2.38. The van der Waals surface area contributed by atoms with Gasteiger partial charge in [-0.1, -0.05) is 29.8 Å². The van der Waals surface area contributed by atoms with Gasteiger partial charge in [0, 0.05) is 64.9 Å². The predicted octanol–water partition coefficient (Wildman–Crippen LogP) is -1.15. The molecule has 0 saturated carbocycles. The smallest absolute Gasteiger partial charge is 0.317 e. The van der Waals surface area contributed by atoms with Crippen molar-refractivity contribution < 1.29 is 49.5 Å². The average Bonchev–Trinajstić information content (AvgIpc) is 2.88. The van der Waals surface area contributed by atoms with E-state index >= 15 is 0 Å². The molecule has 1 atom stereocenters. The number of nitrogens with zero attached hydrogens (tertiary/aromatic N) is 5. The first-order chi connectivity index (χ1) is 20.3.